The molecule has 12 heteroatoms. The number of ether oxygens (including phenoxy) is 2. The Morgan fingerprint density at radius 2 is 1.61 bits per heavy atom. The van der Waals surface area contributed by atoms with Crippen molar-refractivity contribution in [1.29, 1.82) is 5.26 Å². The molecule has 0 unspecified atom stereocenters. The summed E-state index contributed by atoms with van der Waals surface area (Å²) in [7, 11) is 0. The van der Waals surface area contributed by atoms with E-state index in [0.29, 0.717) is 16.9 Å². The zero-order chi connectivity index (χ0) is 26.5. The second-order valence-electron chi connectivity index (χ2n) is 7.07. The maximum atomic E-state index is 14.0. The number of nitrogens with zero attached hydrogens (tertiary/aromatic N) is 2. The fourth-order valence-corrected chi connectivity index (χ4v) is 3.05. The highest BCUT2D eigenvalue weighted by atomic mass is 19.4. The molecule has 3 aromatic rings. The fourth-order valence-electron chi connectivity index (χ4n) is 3.05. The molecule has 0 aliphatic rings. The summed E-state index contributed by atoms with van der Waals surface area (Å²) in [5, 5.41) is 12.6. The molecule has 0 saturated carbocycles. The molecule has 0 saturated heterocycles. The lowest BCUT2D eigenvalue weighted by molar-refractivity contribution is -0.143. The topological polar surface area (TPSA) is 66.6 Å². The largest absolute Gasteiger partial charge is 0.490 e. The smallest absolute Gasteiger partial charge is 0.422 e. The molecule has 0 spiro atoms. The van der Waals surface area contributed by atoms with E-state index in [4.69, 9.17) is 9.47 Å². The van der Waals surface area contributed by atoms with E-state index < -0.39 is 40.7 Å². The van der Waals surface area contributed by atoms with Crippen molar-refractivity contribution < 1.29 is 40.2 Å². The lowest BCUT2D eigenvalue weighted by atomic mass is 10.1. The number of halogens is 7. The van der Waals surface area contributed by atoms with Crippen molar-refractivity contribution in [2.45, 2.75) is 19.7 Å². The zero-order valence-corrected chi connectivity index (χ0v) is 18.4. The van der Waals surface area contributed by atoms with E-state index in [2.05, 4.69) is 11.2 Å². The van der Waals surface area contributed by atoms with Crippen LogP contribution in [0.2, 0.25) is 0 Å². The van der Waals surface area contributed by atoms with E-state index >= 15 is 0 Å². The first-order valence-corrected chi connectivity index (χ1v) is 10.2. The van der Waals surface area contributed by atoms with Gasteiger partial charge in [-0.2, -0.15) is 23.5 Å². The van der Waals surface area contributed by atoms with Gasteiger partial charge in [-0.15, -0.1) is 0 Å². The van der Waals surface area contributed by atoms with Crippen LogP contribution in [0.15, 0.2) is 47.6 Å². The first-order chi connectivity index (χ1) is 17.1. The third-order valence-corrected chi connectivity index (χ3v) is 4.73. The Hall–Kier alpha value is -4.27. The minimum absolute atomic E-state index is 0.0579. The van der Waals surface area contributed by atoms with Crippen molar-refractivity contribution in [3.05, 3.63) is 88.0 Å². The van der Waals surface area contributed by atoms with Gasteiger partial charge in [0.05, 0.1) is 24.5 Å². The molecule has 0 amide bonds. The quantitative estimate of drug-likeness (QED) is 0.161. The Bertz CT molecular complexity index is 1310. The molecule has 5 nitrogen and oxygen atoms in total. The monoisotopic (exact) mass is 511 g/mol. The predicted octanol–water partition coefficient (Wildman–Crippen LogP) is 6.56. The average Bonchev–Trinajstić information content (AvgIpc) is 2.84. The maximum Gasteiger partial charge on any atom is 0.422 e. The second kappa shape index (κ2) is 11.0. The molecule has 3 rings (SSSR count). The summed E-state index contributed by atoms with van der Waals surface area (Å²) in [6.45, 7) is 2.00. The molecule has 0 fully saturated rings. The summed E-state index contributed by atoms with van der Waals surface area (Å²) in [4.78, 5) is 0. The molecule has 0 bridgehead atoms. The minimum Gasteiger partial charge on any atom is -0.490 e. The third-order valence-electron chi connectivity index (χ3n) is 4.73. The number of nitriles is 1. The number of alkyl halides is 3. The van der Waals surface area contributed by atoms with Gasteiger partial charge in [0.2, 0.25) is 0 Å². The van der Waals surface area contributed by atoms with Crippen molar-refractivity contribution >= 4 is 11.9 Å². The van der Waals surface area contributed by atoms with E-state index in [9.17, 15) is 36.0 Å². The normalized spacial score (nSPS) is 11.4. The maximum absolute atomic E-state index is 14.0. The van der Waals surface area contributed by atoms with E-state index in [1.807, 2.05) is 0 Å². The molecule has 0 radical (unpaired) electrons. The van der Waals surface area contributed by atoms with Gasteiger partial charge in [0.15, 0.2) is 34.8 Å². The number of anilines is 1. The van der Waals surface area contributed by atoms with Gasteiger partial charge in [-0.05, 0) is 36.8 Å². The number of benzene rings is 3. The first-order valence-electron chi connectivity index (χ1n) is 10.2. The Labute approximate surface area is 200 Å². The van der Waals surface area contributed by atoms with Crippen molar-refractivity contribution in [3.63, 3.8) is 0 Å². The van der Waals surface area contributed by atoms with Gasteiger partial charge in [-0.25, -0.2) is 17.6 Å². The van der Waals surface area contributed by atoms with Crippen molar-refractivity contribution in [1.82, 2.24) is 0 Å². The van der Waals surface area contributed by atoms with Crippen molar-refractivity contribution in [2.24, 2.45) is 5.10 Å². The predicted molar refractivity (Wildman–Crippen MR) is 116 cm³/mol. The van der Waals surface area contributed by atoms with Gasteiger partial charge in [-0.1, -0.05) is 18.2 Å². The van der Waals surface area contributed by atoms with Crippen LogP contribution >= 0.6 is 0 Å². The van der Waals surface area contributed by atoms with Crippen LogP contribution in [0.1, 0.15) is 29.2 Å². The minimum atomic E-state index is -5.65. The Morgan fingerprint density at radius 3 is 2.22 bits per heavy atom. The summed E-state index contributed by atoms with van der Waals surface area (Å²) in [6.07, 6.45) is -4.66. The highest BCUT2D eigenvalue weighted by Crippen LogP contribution is 2.38. The number of hydrogen-bond acceptors (Lipinski definition) is 5. The molecule has 0 atom stereocenters. The molecular formula is C24H16F7N3O2. The highest BCUT2D eigenvalue weighted by Gasteiger charge is 2.42. The molecule has 3 aromatic carbocycles. The Kier molecular flexibility index (Phi) is 8.03. The van der Waals surface area contributed by atoms with Gasteiger partial charge in [0.25, 0.3) is 0 Å². The van der Waals surface area contributed by atoms with E-state index in [1.54, 1.807) is 36.6 Å². The van der Waals surface area contributed by atoms with Crippen LogP contribution in [-0.4, -0.2) is 12.8 Å². The Balaban J connectivity index is 1.81. The van der Waals surface area contributed by atoms with Gasteiger partial charge < -0.3 is 9.47 Å². The van der Waals surface area contributed by atoms with E-state index in [1.165, 1.54) is 18.2 Å². The highest BCUT2D eigenvalue weighted by molar-refractivity contribution is 5.81. The number of rotatable bonds is 8. The summed E-state index contributed by atoms with van der Waals surface area (Å²) >= 11 is 0. The number of nitrogens with one attached hydrogen (secondary N) is 1. The average molecular weight is 511 g/mol. The Morgan fingerprint density at radius 1 is 0.944 bits per heavy atom. The van der Waals surface area contributed by atoms with Crippen LogP contribution < -0.4 is 14.9 Å². The van der Waals surface area contributed by atoms with E-state index in [-0.39, 0.29) is 24.5 Å². The second-order valence-corrected chi connectivity index (χ2v) is 7.07. The third kappa shape index (κ3) is 5.68. The lowest BCUT2D eigenvalue weighted by Crippen LogP contribution is -2.16. The van der Waals surface area contributed by atoms with Crippen LogP contribution in [0, 0.1) is 34.6 Å². The van der Waals surface area contributed by atoms with Crippen molar-refractivity contribution in [2.75, 3.05) is 12.0 Å². The van der Waals surface area contributed by atoms with Crippen molar-refractivity contribution in [3.8, 4) is 17.6 Å². The van der Waals surface area contributed by atoms with Crippen LogP contribution in [0.4, 0.5) is 36.4 Å². The molecule has 36 heavy (non-hydrogen) atoms. The molecule has 0 aliphatic heterocycles. The van der Waals surface area contributed by atoms with Gasteiger partial charge >= 0.3 is 6.18 Å². The molecule has 0 heterocycles. The van der Waals surface area contributed by atoms with Gasteiger partial charge in [-0.3, -0.25) is 5.43 Å². The number of hydrogen-bond donors (Lipinski definition) is 1. The zero-order valence-electron chi connectivity index (χ0n) is 18.4. The standard InChI is InChI=1S/C24H16F7N3O2/c1-2-35-17-9-13(7-8-16(17)36-12-15-6-4-3-5-14(15)10-32)11-33-34-23-21(27)19(25)18(24(29,30)31)20(26)22(23)28/h3-9,11,34H,2,12H2,1H3/b33-11+. The van der Waals surface area contributed by atoms with E-state index in [0.717, 1.165) is 6.21 Å². The molecular weight excluding hydrogens is 495 g/mol. The SMILES string of the molecule is CCOc1cc(/C=N/Nc2c(F)c(F)c(C(F)(F)F)c(F)c2F)ccc1OCc1ccccc1C#N. The van der Waals surface area contributed by atoms with Crippen LogP contribution in [-0.2, 0) is 12.8 Å². The summed E-state index contributed by atoms with van der Waals surface area (Å²) < 4.78 is 105. The van der Waals surface area contributed by atoms with Crippen LogP contribution in [0.5, 0.6) is 11.5 Å². The lowest BCUT2D eigenvalue weighted by Gasteiger charge is -2.14. The van der Waals surface area contributed by atoms with Crippen LogP contribution in [0.3, 0.4) is 0 Å². The fraction of sp³-hybridized carbons (Fsp3) is 0.167. The molecule has 0 aromatic heterocycles. The van der Waals surface area contributed by atoms with Gasteiger partial charge in [0, 0.05) is 5.56 Å². The van der Waals surface area contributed by atoms with Gasteiger partial charge in [0.1, 0.15) is 17.9 Å². The summed E-state index contributed by atoms with van der Waals surface area (Å²) in [5.74, 6) is -9.21. The molecule has 0 aliphatic carbocycles. The molecule has 188 valence electrons. The van der Waals surface area contributed by atoms with Crippen LogP contribution in [0.25, 0.3) is 0 Å². The molecule has 1 N–H and O–H groups in total. The first kappa shape index (κ1) is 26.3. The number of hydrazone groups is 1. The summed E-state index contributed by atoms with van der Waals surface area (Å²) in [5.41, 5.74) is -1.18. The summed E-state index contributed by atoms with van der Waals surface area (Å²) in [6, 6.07) is 13.2.